The molecular formula is C14H24N4O. The van der Waals surface area contributed by atoms with Crippen LogP contribution < -0.4 is 0 Å². The van der Waals surface area contributed by atoms with Gasteiger partial charge >= 0.3 is 0 Å². The summed E-state index contributed by atoms with van der Waals surface area (Å²) in [6, 6.07) is 0.247. The Bertz CT molecular complexity index is 404. The third kappa shape index (κ3) is 3.88. The second-order valence-electron chi connectivity index (χ2n) is 5.31. The van der Waals surface area contributed by atoms with Crippen LogP contribution in [0.15, 0.2) is 12.7 Å². The van der Waals surface area contributed by atoms with E-state index in [9.17, 15) is 5.11 Å². The molecule has 0 amide bonds. The van der Waals surface area contributed by atoms with Crippen LogP contribution in [0.1, 0.15) is 49.8 Å². The Morgan fingerprint density at radius 3 is 3.11 bits per heavy atom. The number of likely N-dealkylation sites (tertiary alicyclic amines) is 1. The van der Waals surface area contributed by atoms with Crippen molar-refractivity contribution in [3.8, 4) is 0 Å². The molecule has 1 fully saturated rings. The predicted molar refractivity (Wildman–Crippen MR) is 74.7 cm³/mol. The van der Waals surface area contributed by atoms with Gasteiger partial charge in [-0.05, 0) is 39.2 Å². The zero-order chi connectivity index (χ0) is 13.7. The molecular weight excluding hydrogens is 240 g/mol. The summed E-state index contributed by atoms with van der Waals surface area (Å²) >= 11 is 0. The third-order valence-electron chi connectivity index (χ3n) is 3.68. The number of aryl methyl sites for hydroxylation is 1. The first kappa shape index (κ1) is 14.2. The summed E-state index contributed by atoms with van der Waals surface area (Å²) in [5.74, 6) is 1.72. The summed E-state index contributed by atoms with van der Waals surface area (Å²) in [4.78, 5) is 6.77. The average molecular weight is 264 g/mol. The van der Waals surface area contributed by atoms with E-state index in [-0.39, 0.29) is 12.1 Å². The fourth-order valence-electron chi connectivity index (χ4n) is 2.68. The first-order valence-electron chi connectivity index (χ1n) is 7.12. The van der Waals surface area contributed by atoms with Crippen LogP contribution in [-0.2, 0) is 0 Å². The molecule has 1 aliphatic rings. The number of rotatable bonds is 6. The zero-order valence-corrected chi connectivity index (χ0v) is 11.7. The lowest BCUT2D eigenvalue weighted by Crippen LogP contribution is -2.39. The Morgan fingerprint density at radius 2 is 2.42 bits per heavy atom. The van der Waals surface area contributed by atoms with E-state index in [0.29, 0.717) is 6.54 Å². The van der Waals surface area contributed by atoms with Crippen molar-refractivity contribution in [2.24, 2.45) is 0 Å². The van der Waals surface area contributed by atoms with Crippen LogP contribution in [0.3, 0.4) is 0 Å². The van der Waals surface area contributed by atoms with Crippen molar-refractivity contribution in [3.63, 3.8) is 0 Å². The fourth-order valence-corrected chi connectivity index (χ4v) is 2.68. The van der Waals surface area contributed by atoms with Crippen molar-refractivity contribution in [3.05, 3.63) is 24.3 Å². The summed E-state index contributed by atoms with van der Waals surface area (Å²) in [7, 11) is 0. The maximum atomic E-state index is 10.1. The summed E-state index contributed by atoms with van der Waals surface area (Å²) in [5, 5.41) is 17.3. The van der Waals surface area contributed by atoms with Crippen LogP contribution >= 0.6 is 0 Å². The monoisotopic (exact) mass is 264 g/mol. The molecule has 0 saturated carbocycles. The molecule has 0 radical (unpaired) electrons. The van der Waals surface area contributed by atoms with Crippen LogP contribution in [0.25, 0.3) is 0 Å². The van der Waals surface area contributed by atoms with Gasteiger partial charge < -0.3 is 5.11 Å². The quantitative estimate of drug-likeness (QED) is 0.771. The first-order valence-corrected chi connectivity index (χ1v) is 7.12. The number of hydrogen-bond donors (Lipinski definition) is 2. The second-order valence-corrected chi connectivity index (χ2v) is 5.31. The number of nitrogens with zero attached hydrogens (tertiary/aromatic N) is 3. The molecule has 0 aromatic carbocycles. The third-order valence-corrected chi connectivity index (χ3v) is 3.68. The average Bonchev–Trinajstić information content (AvgIpc) is 2.83. The van der Waals surface area contributed by atoms with Gasteiger partial charge in [-0.1, -0.05) is 12.5 Å². The highest BCUT2D eigenvalue weighted by atomic mass is 16.3. The molecule has 1 aromatic heterocycles. The maximum Gasteiger partial charge on any atom is 0.167 e. The zero-order valence-electron chi connectivity index (χ0n) is 11.7. The Morgan fingerprint density at radius 1 is 1.58 bits per heavy atom. The first-order chi connectivity index (χ1) is 9.20. The Kier molecular flexibility index (Phi) is 5.10. The highest BCUT2D eigenvalue weighted by Gasteiger charge is 2.28. The number of aliphatic hydroxyl groups excluding tert-OH is 1. The van der Waals surface area contributed by atoms with Crippen molar-refractivity contribution in [1.29, 1.82) is 0 Å². The lowest BCUT2D eigenvalue weighted by atomic mass is 10.0. The number of piperidine rings is 1. The topological polar surface area (TPSA) is 65.0 Å². The van der Waals surface area contributed by atoms with Gasteiger partial charge in [0.1, 0.15) is 5.82 Å². The minimum Gasteiger partial charge on any atom is -0.392 e. The number of allylic oxidation sites excluding steroid dienone is 1. The molecule has 2 atom stereocenters. The Balaban J connectivity index is 1.97. The molecule has 0 aliphatic carbocycles. The number of aromatic nitrogens is 3. The van der Waals surface area contributed by atoms with E-state index in [4.69, 9.17) is 0 Å². The highest BCUT2D eigenvalue weighted by Crippen LogP contribution is 2.29. The number of aliphatic hydroxyl groups is 1. The standard InChI is InChI=1S/C14H24N4O/c1-3-4-7-12(19)10-18-9-6-5-8-13(18)14-15-11(2)16-17-14/h3,12-13,19H,1,4-10H2,2H3,(H,15,16,17)/t12-,13-/m1/s1. The van der Waals surface area contributed by atoms with Gasteiger partial charge in [0, 0.05) is 6.54 Å². The molecule has 5 nitrogen and oxygen atoms in total. The largest absolute Gasteiger partial charge is 0.392 e. The number of aromatic amines is 1. The van der Waals surface area contributed by atoms with Gasteiger partial charge in [0.2, 0.25) is 0 Å². The van der Waals surface area contributed by atoms with Crippen molar-refractivity contribution >= 4 is 0 Å². The van der Waals surface area contributed by atoms with Gasteiger partial charge in [-0.15, -0.1) is 6.58 Å². The molecule has 0 unspecified atom stereocenters. The number of H-pyrrole nitrogens is 1. The van der Waals surface area contributed by atoms with Gasteiger partial charge in [-0.2, -0.15) is 5.10 Å². The summed E-state index contributed by atoms with van der Waals surface area (Å²) in [6.07, 6.45) is 6.67. The molecule has 0 spiro atoms. The van der Waals surface area contributed by atoms with Gasteiger partial charge in [0.15, 0.2) is 5.82 Å². The molecule has 2 N–H and O–H groups in total. The predicted octanol–water partition coefficient (Wildman–Crippen LogP) is 1.97. The van der Waals surface area contributed by atoms with E-state index in [1.165, 1.54) is 12.8 Å². The molecule has 19 heavy (non-hydrogen) atoms. The van der Waals surface area contributed by atoms with E-state index in [2.05, 4.69) is 26.7 Å². The van der Waals surface area contributed by atoms with Crippen LogP contribution in [-0.4, -0.2) is 44.4 Å². The molecule has 1 aliphatic heterocycles. The van der Waals surface area contributed by atoms with Gasteiger partial charge in [-0.25, -0.2) is 4.98 Å². The minimum absolute atomic E-state index is 0.247. The SMILES string of the molecule is C=CCC[C@@H](O)CN1CCCC[C@@H]1c1n[nH]c(C)n1. The Hall–Kier alpha value is -1.20. The van der Waals surface area contributed by atoms with Crippen molar-refractivity contribution in [2.45, 2.75) is 51.2 Å². The maximum absolute atomic E-state index is 10.1. The fraction of sp³-hybridized carbons (Fsp3) is 0.714. The van der Waals surface area contributed by atoms with E-state index >= 15 is 0 Å². The van der Waals surface area contributed by atoms with E-state index in [0.717, 1.165) is 37.5 Å². The van der Waals surface area contributed by atoms with Crippen LogP contribution in [0.2, 0.25) is 0 Å². The van der Waals surface area contributed by atoms with Gasteiger partial charge in [0.25, 0.3) is 0 Å². The number of β-amino-alcohol motifs (C(OH)–C–C–N with tert-alkyl or cyclic N) is 1. The van der Waals surface area contributed by atoms with Gasteiger partial charge in [0.05, 0.1) is 12.1 Å². The molecule has 2 rings (SSSR count). The number of hydrogen-bond acceptors (Lipinski definition) is 4. The van der Waals surface area contributed by atoms with Crippen LogP contribution in [0, 0.1) is 6.92 Å². The molecule has 0 bridgehead atoms. The minimum atomic E-state index is -0.293. The van der Waals surface area contributed by atoms with Gasteiger partial charge in [-0.3, -0.25) is 10.00 Å². The molecule has 2 heterocycles. The smallest absolute Gasteiger partial charge is 0.167 e. The lowest BCUT2D eigenvalue weighted by Gasteiger charge is -2.35. The molecule has 1 saturated heterocycles. The summed E-state index contributed by atoms with van der Waals surface area (Å²) in [6.45, 7) is 7.33. The molecule has 1 aromatic rings. The van der Waals surface area contributed by atoms with Crippen molar-refractivity contribution in [2.75, 3.05) is 13.1 Å². The highest BCUT2D eigenvalue weighted by molar-refractivity contribution is 4.98. The van der Waals surface area contributed by atoms with E-state index in [1.807, 2.05) is 13.0 Å². The van der Waals surface area contributed by atoms with Crippen molar-refractivity contribution in [1.82, 2.24) is 20.1 Å². The molecule has 106 valence electrons. The number of nitrogens with one attached hydrogen (secondary N) is 1. The van der Waals surface area contributed by atoms with E-state index < -0.39 is 0 Å². The van der Waals surface area contributed by atoms with Crippen LogP contribution in [0.4, 0.5) is 0 Å². The lowest BCUT2D eigenvalue weighted by molar-refractivity contribution is 0.0603. The van der Waals surface area contributed by atoms with Crippen LogP contribution in [0.5, 0.6) is 0 Å². The van der Waals surface area contributed by atoms with Crippen molar-refractivity contribution < 1.29 is 5.11 Å². The summed E-state index contributed by atoms with van der Waals surface area (Å²) < 4.78 is 0. The second kappa shape index (κ2) is 6.82. The Labute approximate surface area is 114 Å². The molecule has 5 heteroatoms. The normalized spacial score (nSPS) is 22.3. The van der Waals surface area contributed by atoms with E-state index in [1.54, 1.807) is 0 Å². The summed E-state index contributed by atoms with van der Waals surface area (Å²) in [5.41, 5.74) is 0.